The monoisotopic (exact) mass is 836 g/mol. The Morgan fingerprint density at radius 3 is 1.43 bits per heavy atom. The average Bonchev–Trinajstić information content (AvgIpc) is 3.21. The van der Waals surface area contributed by atoms with Crippen LogP contribution < -0.4 is 5.11 Å². The van der Waals surface area contributed by atoms with Crippen molar-refractivity contribution in [3.8, 4) is 0 Å². The van der Waals surface area contributed by atoms with Crippen LogP contribution in [0.5, 0.6) is 0 Å². The normalized spacial score (nSPS) is 13.8. The Morgan fingerprint density at radius 2 is 0.950 bits per heavy atom. The molecule has 60 heavy (non-hydrogen) atoms. The number of rotatable bonds is 40. The maximum Gasteiger partial charge on any atom is 0.306 e. The van der Waals surface area contributed by atoms with Crippen LogP contribution in [0.15, 0.2) is 97.2 Å². The van der Waals surface area contributed by atoms with Crippen molar-refractivity contribution in [3.63, 3.8) is 0 Å². The lowest BCUT2D eigenvalue weighted by Gasteiger charge is -2.34. The molecule has 340 valence electrons. The lowest BCUT2D eigenvalue weighted by Crippen LogP contribution is -2.55. The third kappa shape index (κ3) is 39.7. The fourth-order valence-corrected chi connectivity index (χ4v) is 6.11. The minimum atomic E-state index is -1.14. The van der Waals surface area contributed by atoms with E-state index in [0.717, 1.165) is 83.5 Å². The van der Waals surface area contributed by atoms with Crippen LogP contribution >= 0.6 is 0 Å². The summed E-state index contributed by atoms with van der Waals surface area (Å²) in [5.74, 6) is -1.84. The zero-order valence-electron chi connectivity index (χ0n) is 38.6. The fourth-order valence-electron chi connectivity index (χ4n) is 6.11. The first-order valence-corrected chi connectivity index (χ1v) is 23.3. The van der Waals surface area contributed by atoms with Gasteiger partial charge in [0.1, 0.15) is 12.6 Å². The number of carbonyl (C=O) groups is 3. The standard InChI is InChI=1S/C52H85NO7/c1-6-8-10-12-14-16-18-20-22-24-25-27-29-31-33-35-37-39-41-43-51(55)60-48(46-58-45-44-49(52(56)57)53(3,4)5)47-59-50(54)42-40-38-36-34-32-30-28-26-23-21-19-17-15-13-11-9-7-2/h8,10,14-17,20-23,25,27-28,30,34,36,48-49H,6-7,9,11-13,18-19,24,26,29,31-33,35,37-47H2,1-5H3/b10-8+,16-14+,17-15+,22-20+,23-21+,27-25+,30-28+,36-34+. The molecule has 0 fully saturated rings. The quantitative estimate of drug-likeness (QED) is 0.0262. The minimum Gasteiger partial charge on any atom is -0.544 e. The molecule has 0 aliphatic carbocycles. The van der Waals surface area contributed by atoms with Crippen molar-refractivity contribution >= 4 is 17.9 Å². The molecular formula is C52H85NO7. The van der Waals surface area contributed by atoms with E-state index in [4.69, 9.17) is 14.2 Å². The number of ether oxygens (including phenoxy) is 3. The summed E-state index contributed by atoms with van der Waals surface area (Å²) in [6.45, 7) is 4.43. The maximum absolute atomic E-state index is 12.7. The van der Waals surface area contributed by atoms with Gasteiger partial charge in [0.15, 0.2) is 6.10 Å². The predicted molar refractivity (Wildman–Crippen MR) is 249 cm³/mol. The van der Waals surface area contributed by atoms with Gasteiger partial charge < -0.3 is 28.6 Å². The Hall–Kier alpha value is -3.75. The van der Waals surface area contributed by atoms with Crippen LogP contribution in [0.4, 0.5) is 0 Å². The molecule has 0 amide bonds. The number of hydrogen-bond donors (Lipinski definition) is 0. The topological polar surface area (TPSA) is 102 Å². The first-order valence-electron chi connectivity index (χ1n) is 23.3. The van der Waals surface area contributed by atoms with Crippen molar-refractivity contribution in [2.24, 2.45) is 0 Å². The summed E-state index contributed by atoms with van der Waals surface area (Å²) in [6.07, 6.45) is 55.8. The molecule has 0 aromatic rings. The second-order valence-electron chi connectivity index (χ2n) is 16.3. The summed E-state index contributed by atoms with van der Waals surface area (Å²) < 4.78 is 17.1. The summed E-state index contributed by atoms with van der Waals surface area (Å²) in [6, 6.07) is -0.742. The second kappa shape index (κ2) is 42.0. The molecule has 0 radical (unpaired) electrons. The van der Waals surface area contributed by atoms with E-state index in [0.29, 0.717) is 6.42 Å². The van der Waals surface area contributed by atoms with Crippen LogP contribution in [0.3, 0.4) is 0 Å². The van der Waals surface area contributed by atoms with Gasteiger partial charge in [-0.05, 0) is 89.9 Å². The van der Waals surface area contributed by atoms with Crippen LogP contribution in [0, 0.1) is 0 Å². The third-order valence-corrected chi connectivity index (χ3v) is 9.70. The smallest absolute Gasteiger partial charge is 0.306 e. The van der Waals surface area contributed by atoms with Crippen molar-refractivity contribution in [2.75, 3.05) is 41.0 Å². The zero-order valence-corrected chi connectivity index (χ0v) is 38.6. The molecule has 0 saturated carbocycles. The molecule has 2 atom stereocenters. The lowest BCUT2D eigenvalue weighted by molar-refractivity contribution is -0.889. The number of aliphatic carboxylic acids is 1. The minimum absolute atomic E-state index is 0.0113. The van der Waals surface area contributed by atoms with Crippen LogP contribution in [0.1, 0.15) is 162 Å². The largest absolute Gasteiger partial charge is 0.544 e. The number of likely N-dealkylation sites (N-methyl/N-ethyl adjacent to an activating group) is 1. The molecule has 8 nitrogen and oxygen atoms in total. The molecule has 0 bridgehead atoms. The Morgan fingerprint density at radius 1 is 0.517 bits per heavy atom. The van der Waals surface area contributed by atoms with Gasteiger partial charge in [0.05, 0.1) is 40.3 Å². The van der Waals surface area contributed by atoms with E-state index in [1.54, 1.807) is 21.1 Å². The van der Waals surface area contributed by atoms with Gasteiger partial charge >= 0.3 is 11.9 Å². The van der Waals surface area contributed by atoms with E-state index in [1.807, 2.05) is 0 Å². The van der Waals surface area contributed by atoms with E-state index in [1.165, 1.54) is 38.5 Å². The molecular weight excluding hydrogens is 751 g/mol. The van der Waals surface area contributed by atoms with Crippen molar-refractivity contribution in [1.29, 1.82) is 0 Å². The number of allylic oxidation sites excluding steroid dienone is 16. The first-order chi connectivity index (χ1) is 29.1. The molecule has 0 rings (SSSR count). The number of hydrogen-bond acceptors (Lipinski definition) is 7. The van der Waals surface area contributed by atoms with Crippen LogP contribution in [0.25, 0.3) is 0 Å². The molecule has 0 heterocycles. The number of quaternary nitrogens is 1. The van der Waals surface area contributed by atoms with E-state index in [2.05, 4.69) is 111 Å². The highest BCUT2D eigenvalue weighted by molar-refractivity contribution is 5.70. The molecule has 0 saturated heterocycles. The first kappa shape index (κ1) is 56.2. The Bertz CT molecular complexity index is 1300. The van der Waals surface area contributed by atoms with Crippen molar-refractivity contribution in [3.05, 3.63) is 97.2 Å². The number of nitrogens with zero attached hydrogens (tertiary/aromatic N) is 1. The zero-order chi connectivity index (χ0) is 44.2. The summed E-state index contributed by atoms with van der Waals surface area (Å²) in [7, 11) is 5.38. The SMILES string of the molecule is CC/C=C/C/C=C/C/C=C/C/C=C/CCCCCCCCC(=O)OC(COCCC(C(=O)[O-])[N+](C)(C)C)COC(=O)CCC/C=C/C/C=C/C/C=C/C/C=C/CCCCC. The Balaban J connectivity index is 4.45. The van der Waals surface area contributed by atoms with Gasteiger partial charge in [0, 0.05) is 19.3 Å². The average molecular weight is 836 g/mol. The van der Waals surface area contributed by atoms with E-state index in [9.17, 15) is 19.5 Å². The summed E-state index contributed by atoms with van der Waals surface area (Å²) in [5.41, 5.74) is 0. The van der Waals surface area contributed by atoms with Gasteiger partial charge in [-0.25, -0.2) is 0 Å². The Labute approximate surface area is 366 Å². The molecule has 0 aromatic heterocycles. The third-order valence-electron chi connectivity index (χ3n) is 9.70. The summed E-state index contributed by atoms with van der Waals surface area (Å²) >= 11 is 0. The van der Waals surface area contributed by atoms with Gasteiger partial charge in [0.25, 0.3) is 0 Å². The molecule has 0 N–H and O–H groups in total. The van der Waals surface area contributed by atoms with E-state index >= 15 is 0 Å². The number of carboxylic acid groups (broad SMARTS) is 1. The molecule has 0 aliphatic heterocycles. The lowest BCUT2D eigenvalue weighted by atomic mass is 10.1. The number of carbonyl (C=O) groups excluding carboxylic acids is 3. The fraction of sp³-hybridized carbons (Fsp3) is 0.635. The summed E-state index contributed by atoms with van der Waals surface area (Å²) in [4.78, 5) is 36.9. The van der Waals surface area contributed by atoms with Crippen molar-refractivity contribution < 1.29 is 38.2 Å². The summed E-state index contributed by atoms with van der Waals surface area (Å²) in [5, 5.41) is 11.6. The van der Waals surface area contributed by atoms with Gasteiger partial charge in [-0.2, -0.15) is 0 Å². The highest BCUT2D eigenvalue weighted by Gasteiger charge is 2.25. The van der Waals surface area contributed by atoms with Gasteiger partial charge in [-0.15, -0.1) is 0 Å². The Kier molecular flexibility index (Phi) is 39.3. The van der Waals surface area contributed by atoms with Crippen LogP contribution in [-0.2, 0) is 28.6 Å². The molecule has 2 unspecified atom stereocenters. The van der Waals surface area contributed by atoms with Crippen molar-refractivity contribution in [2.45, 2.75) is 174 Å². The van der Waals surface area contributed by atoms with Gasteiger partial charge in [-0.1, -0.05) is 150 Å². The number of esters is 2. The van der Waals surface area contributed by atoms with E-state index < -0.39 is 18.1 Å². The maximum atomic E-state index is 12.7. The second-order valence-corrected chi connectivity index (χ2v) is 16.3. The van der Waals surface area contributed by atoms with Crippen molar-refractivity contribution in [1.82, 2.24) is 0 Å². The highest BCUT2D eigenvalue weighted by atomic mass is 16.6. The molecule has 8 heteroatoms. The predicted octanol–water partition coefficient (Wildman–Crippen LogP) is 11.7. The molecule has 0 spiro atoms. The molecule has 0 aromatic carbocycles. The van der Waals surface area contributed by atoms with Gasteiger partial charge in [-0.3, -0.25) is 9.59 Å². The number of carboxylic acids is 1. The van der Waals surface area contributed by atoms with Crippen LogP contribution in [0.2, 0.25) is 0 Å². The number of unbranched alkanes of at least 4 members (excludes halogenated alkanes) is 10. The van der Waals surface area contributed by atoms with E-state index in [-0.39, 0.29) is 55.5 Å². The highest BCUT2D eigenvalue weighted by Crippen LogP contribution is 2.12. The molecule has 0 aliphatic rings. The van der Waals surface area contributed by atoms with Crippen LogP contribution in [-0.4, -0.2) is 75.5 Å². The van der Waals surface area contributed by atoms with Gasteiger partial charge in [0.2, 0.25) is 0 Å².